The third kappa shape index (κ3) is 6.63. The van der Waals surface area contributed by atoms with Gasteiger partial charge in [-0.2, -0.15) is 0 Å². The molecule has 158 valence electrons. The molecule has 0 saturated carbocycles. The Morgan fingerprint density at radius 2 is 1.93 bits per heavy atom. The second-order valence-electron chi connectivity index (χ2n) is 6.10. The average Bonchev–Trinajstić information content (AvgIpc) is 2.76. The van der Waals surface area contributed by atoms with E-state index in [1.165, 1.54) is 13.2 Å². The van der Waals surface area contributed by atoms with Gasteiger partial charge in [0, 0.05) is 4.58 Å². The Hall–Kier alpha value is -3.33. The van der Waals surface area contributed by atoms with Crippen molar-refractivity contribution in [2.75, 3.05) is 20.3 Å². The number of ether oxygens (including phenoxy) is 2. The minimum atomic E-state index is -0.725. The van der Waals surface area contributed by atoms with Crippen LogP contribution >= 0.6 is 11.9 Å². The van der Waals surface area contributed by atoms with Crippen molar-refractivity contribution in [3.8, 4) is 11.5 Å². The van der Waals surface area contributed by atoms with E-state index in [0.29, 0.717) is 41.1 Å². The zero-order chi connectivity index (χ0) is 21.9. The van der Waals surface area contributed by atoms with Gasteiger partial charge in [0.25, 0.3) is 11.8 Å². The van der Waals surface area contributed by atoms with Gasteiger partial charge in [-0.05, 0) is 47.9 Å². The number of methoxy groups -OCH3 is 1. The number of primary amides is 1. The molecule has 0 spiro atoms. The van der Waals surface area contributed by atoms with E-state index in [2.05, 4.69) is 9.90 Å². The number of nitrogens with one attached hydrogen (secondary N) is 1. The first-order chi connectivity index (χ1) is 14.5. The molecule has 2 aromatic rings. The molecular weight excluding hydrogens is 406 g/mol. The fraction of sp³-hybridized carbons (Fsp3) is 0.238. The van der Waals surface area contributed by atoms with Crippen molar-refractivity contribution in [1.82, 2.24) is 5.32 Å². The number of rotatable bonds is 11. The number of amides is 2. The third-order valence-corrected chi connectivity index (χ3v) is 4.72. The van der Waals surface area contributed by atoms with Crippen molar-refractivity contribution >= 4 is 29.8 Å². The SMILES string of the molecule is CCc1ccc(OC)c(C(=O)NCCOc2ccc(/C=C(\SN=O)C(N)=O)cc2)c1. The van der Waals surface area contributed by atoms with Crippen LogP contribution in [0.3, 0.4) is 0 Å². The van der Waals surface area contributed by atoms with Crippen LogP contribution in [0.5, 0.6) is 11.5 Å². The predicted octanol–water partition coefficient (Wildman–Crippen LogP) is 3.31. The number of nitrogens with zero attached hydrogens (tertiary/aromatic N) is 1. The van der Waals surface area contributed by atoms with Crippen LogP contribution in [0.4, 0.5) is 0 Å². The number of nitroso groups, excluding NO2 is 1. The molecule has 2 rings (SSSR count). The second kappa shape index (κ2) is 11.6. The van der Waals surface area contributed by atoms with Gasteiger partial charge >= 0.3 is 0 Å². The largest absolute Gasteiger partial charge is 0.496 e. The van der Waals surface area contributed by atoms with Gasteiger partial charge in [-0.25, -0.2) is 0 Å². The summed E-state index contributed by atoms with van der Waals surface area (Å²) in [5.74, 6) is 0.157. The van der Waals surface area contributed by atoms with E-state index in [9.17, 15) is 14.5 Å². The maximum absolute atomic E-state index is 12.4. The summed E-state index contributed by atoms with van der Waals surface area (Å²) in [6.07, 6.45) is 2.29. The Morgan fingerprint density at radius 3 is 2.53 bits per heavy atom. The Balaban J connectivity index is 1.89. The molecule has 0 saturated heterocycles. The molecule has 0 fully saturated rings. The zero-order valence-corrected chi connectivity index (χ0v) is 17.5. The Kier molecular flexibility index (Phi) is 8.89. The van der Waals surface area contributed by atoms with Gasteiger partial charge in [0.05, 0.1) is 36.1 Å². The molecule has 0 aliphatic carbocycles. The molecule has 0 bridgehead atoms. The first kappa shape index (κ1) is 23.0. The van der Waals surface area contributed by atoms with E-state index in [0.717, 1.165) is 12.0 Å². The van der Waals surface area contributed by atoms with Crippen molar-refractivity contribution in [1.29, 1.82) is 0 Å². The van der Waals surface area contributed by atoms with E-state index < -0.39 is 5.91 Å². The van der Waals surface area contributed by atoms with Crippen LogP contribution in [-0.4, -0.2) is 32.1 Å². The number of carbonyl (C=O) groups excluding carboxylic acids is 2. The molecule has 3 N–H and O–H groups in total. The van der Waals surface area contributed by atoms with Gasteiger partial charge in [0.2, 0.25) is 0 Å². The lowest BCUT2D eigenvalue weighted by Gasteiger charge is -2.11. The number of carbonyl (C=O) groups is 2. The maximum Gasteiger partial charge on any atom is 0.257 e. The molecule has 0 aromatic heterocycles. The van der Waals surface area contributed by atoms with Crippen molar-refractivity contribution in [2.24, 2.45) is 10.3 Å². The van der Waals surface area contributed by atoms with Crippen molar-refractivity contribution in [2.45, 2.75) is 13.3 Å². The molecule has 0 atom stereocenters. The minimum absolute atomic E-state index is 0.0453. The van der Waals surface area contributed by atoms with Crippen LogP contribution in [0.25, 0.3) is 6.08 Å². The fourth-order valence-electron chi connectivity index (χ4n) is 2.58. The molecule has 2 amide bonds. The van der Waals surface area contributed by atoms with E-state index in [1.807, 2.05) is 19.1 Å². The number of nitrogens with two attached hydrogens (primary N) is 1. The van der Waals surface area contributed by atoms with Crippen LogP contribution in [0.1, 0.15) is 28.4 Å². The van der Waals surface area contributed by atoms with Gasteiger partial charge < -0.3 is 20.5 Å². The molecule has 2 aromatic carbocycles. The monoisotopic (exact) mass is 429 g/mol. The molecule has 30 heavy (non-hydrogen) atoms. The summed E-state index contributed by atoms with van der Waals surface area (Å²) in [5.41, 5.74) is 7.39. The normalized spacial score (nSPS) is 10.9. The lowest BCUT2D eigenvalue weighted by molar-refractivity contribution is -0.113. The highest BCUT2D eigenvalue weighted by Gasteiger charge is 2.12. The van der Waals surface area contributed by atoms with Gasteiger partial charge in [-0.3, -0.25) is 9.59 Å². The number of benzene rings is 2. The summed E-state index contributed by atoms with van der Waals surface area (Å²) in [5, 5.41) is 2.81. The van der Waals surface area contributed by atoms with Gasteiger partial charge in [-0.15, -0.1) is 4.91 Å². The smallest absolute Gasteiger partial charge is 0.257 e. The lowest BCUT2D eigenvalue weighted by atomic mass is 10.1. The molecule has 0 heterocycles. The summed E-state index contributed by atoms with van der Waals surface area (Å²) in [6, 6.07) is 12.4. The Labute approximate surface area is 178 Å². The Bertz CT molecular complexity index is 929. The summed E-state index contributed by atoms with van der Waals surface area (Å²) in [4.78, 5) is 34.0. The zero-order valence-electron chi connectivity index (χ0n) is 16.7. The molecule has 0 radical (unpaired) electrons. The van der Waals surface area contributed by atoms with Crippen LogP contribution in [0, 0.1) is 4.91 Å². The fourth-order valence-corrected chi connectivity index (χ4v) is 2.93. The molecular formula is C21H23N3O5S. The maximum atomic E-state index is 12.4. The highest BCUT2D eigenvalue weighted by molar-refractivity contribution is 8.02. The lowest BCUT2D eigenvalue weighted by Crippen LogP contribution is -2.28. The first-order valence-corrected chi connectivity index (χ1v) is 9.95. The minimum Gasteiger partial charge on any atom is -0.496 e. The molecule has 9 heteroatoms. The predicted molar refractivity (Wildman–Crippen MR) is 117 cm³/mol. The summed E-state index contributed by atoms with van der Waals surface area (Å²) in [7, 11) is 1.53. The van der Waals surface area contributed by atoms with Gasteiger partial charge in [-0.1, -0.05) is 25.1 Å². The number of aryl methyl sites for hydroxylation is 1. The average molecular weight is 429 g/mol. The van der Waals surface area contributed by atoms with Crippen molar-refractivity contribution in [3.05, 3.63) is 69.0 Å². The summed E-state index contributed by atoms with van der Waals surface area (Å²) < 4.78 is 13.5. The molecule has 0 unspecified atom stereocenters. The Morgan fingerprint density at radius 1 is 1.20 bits per heavy atom. The van der Waals surface area contributed by atoms with E-state index in [1.54, 1.807) is 30.3 Å². The van der Waals surface area contributed by atoms with E-state index in [-0.39, 0.29) is 17.4 Å². The van der Waals surface area contributed by atoms with Gasteiger partial charge in [0.1, 0.15) is 18.1 Å². The highest BCUT2D eigenvalue weighted by atomic mass is 32.2. The third-order valence-electron chi connectivity index (χ3n) is 4.13. The standard InChI is InChI=1S/C21H23N3O5S/c1-3-14-6-9-18(28-2)17(12-14)21(26)23-10-11-29-16-7-4-15(5-8-16)13-19(20(22)25)30-24-27/h4-9,12-13H,3,10-11H2,1-2H3,(H2,22,25)(H,23,26)/b19-13-. The number of hydrogen-bond acceptors (Lipinski definition) is 7. The second-order valence-corrected chi connectivity index (χ2v) is 6.87. The highest BCUT2D eigenvalue weighted by Crippen LogP contribution is 2.22. The molecule has 0 aliphatic heterocycles. The van der Waals surface area contributed by atoms with Crippen molar-refractivity contribution in [3.63, 3.8) is 0 Å². The van der Waals surface area contributed by atoms with Gasteiger partial charge in [0.15, 0.2) is 0 Å². The summed E-state index contributed by atoms with van der Waals surface area (Å²) >= 11 is 0.482. The van der Waals surface area contributed by atoms with E-state index in [4.69, 9.17) is 15.2 Å². The molecule has 8 nitrogen and oxygen atoms in total. The van der Waals surface area contributed by atoms with Crippen LogP contribution in [0.2, 0.25) is 0 Å². The first-order valence-electron chi connectivity index (χ1n) is 9.17. The van der Waals surface area contributed by atoms with Crippen LogP contribution < -0.4 is 20.5 Å². The summed E-state index contributed by atoms with van der Waals surface area (Å²) in [6.45, 7) is 2.60. The topological polar surface area (TPSA) is 120 Å². The number of hydrogen-bond donors (Lipinski definition) is 2. The van der Waals surface area contributed by atoms with E-state index >= 15 is 0 Å². The van der Waals surface area contributed by atoms with Crippen LogP contribution in [-0.2, 0) is 11.2 Å². The molecule has 0 aliphatic rings. The van der Waals surface area contributed by atoms with Crippen molar-refractivity contribution < 1.29 is 19.1 Å². The van der Waals surface area contributed by atoms with Crippen LogP contribution in [0.15, 0.2) is 52.0 Å². The quantitative estimate of drug-likeness (QED) is 0.245.